The lowest BCUT2D eigenvalue weighted by molar-refractivity contribution is -0.620. The van der Waals surface area contributed by atoms with Crippen LogP contribution in [-0.4, -0.2) is 6.36 Å². The molecule has 1 aromatic heterocycles. The number of nitrogens with zero attached hydrogens (tertiary/aromatic N) is 1. The molecule has 0 unspecified atom stereocenters. The standard InChI is InChI=1S/C7H6F3NO2/c1-5-2-3-6(11(12)4-5)13-7(8,9)10/h2-4H,1H3. The van der Waals surface area contributed by atoms with Gasteiger partial charge in [-0.1, -0.05) is 0 Å². The number of halogens is 3. The zero-order valence-corrected chi connectivity index (χ0v) is 6.63. The van der Waals surface area contributed by atoms with Crippen LogP contribution >= 0.6 is 0 Å². The predicted octanol–water partition coefficient (Wildman–Crippen LogP) is 1.53. The van der Waals surface area contributed by atoms with Gasteiger partial charge in [0.2, 0.25) is 0 Å². The molecule has 0 amide bonds. The Morgan fingerprint density at radius 1 is 1.38 bits per heavy atom. The summed E-state index contributed by atoms with van der Waals surface area (Å²) in [6.45, 7) is 1.59. The summed E-state index contributed by atoms with van der Waals surface area (Å²) in [7, 11) is 0. The molecule has 0 atom stereocenters. The van der Waals surface area contributed by atoms with Crippen LogP contribution in [0.4, 0.5) is 13.2 Å². The lowest BCUT2D eigenvalue weighted by atomic mass is 10.3. The van der Waals surface area contributed by atoms with Crippen molar-refractivity contribution in [1.29, 1.82) is 0 Å². The molecule has 1 rings (SSSR count). The van der Waals surface area contributed by atoms with Crippen molar-refractivity contribution in [3.05, 3.63) is 29.1 Å². The molecule has 3 nitrogen and oxygen atoms in total. The molecule has 0 spiro atoms. The number of ether oxygens (including phenoxy) is 1. The summed E-state index contributed by atoms with van der Waals surface area (Å²) < 4.78 is 38.4. The molecular formula is C7H6F3NO2. The number of hydrogen-bond acceptors (Lipinski definition) is 2. The Bertz CT molecular complexity index is 311. The summed E-state index contributed by atoms with van der Waals surface area (Å²) in [5.74, 6) is -0.780. The van der Waals surface area contributed by atoms with Crippen LogP contribution in [0, 0.1) is 12.1 Å². The molecule has 0 saturated carbocycles. The van der Waals surface area contributed by atoms with E-state index in [1.165, 1.54) is 6.07 Å². The topological polar surface area (TPSA) is 36.2 Å². The maximum atomic E-state index is 11.6. The highest BCUT2D eigenvalue weighted by molar-refractivity contribution is 5.10. The number of hydrogen-bond donors (Lipinski definition) is 0. The zero-order chi connectivity index (χ0) is 10.1. The lowest BCUT2D eigenvalue weighted by Crippen LogP contribution is -2.33. The molecule has 0 aliphatic rings. The highest BCUT2D eigenvalue weighted by Crippen LogP contribution is 2.19. The maximum absolute atomic E-state index is 11.6. The second kappa shape index (κ2) is 3.12. The molecule has 13 heavy (non-hydrogen) atoms. The summed E-state index contributed by atoms with van der Waals surface area (Å²) >= 11 is 0. The third-order valence-electron chi connectivity index (χ3n) is 1.25. The molecule has 72 valence electrons. The van der Waals surface area contributed by atoms with Crippen molar-refractivity contribution in [2.24, 2.45) is 0 Å². The number of alkyl halides is 3. The van der Waals surface area contributed by atoms with Gasteiger partial charge in [-0.15, -0.1) is 17.9 Å². The molecule has 1 heterocycles. The van der Waals surface area contributed by atoms with E-state index < -0.39 is 12.2 Å². The van der Waals surface area contributed by atoms with Crippen LogP contribution < -0.4 is 9.47 Å². The highest BCUT2D eigenvalue weighted by Gasteiger charge is 2.34. The van der Waals surface area contributed by atoms with Crippen molar-refractivity contribution in [2.75, 3.05) is 0 Å². The largest absolute Gasteiger partial charge is 0.616 e. The van der Waals surface area contributed by atoms with Crippen LogP contribution in [0.25, 0.3) is 0 Å². The van der Waals surface area contributed by atoms with Gasteiger partial charge in [0.15, 0.2) is 6.20 Å². The van der Waals surface area contributed by atoms with Crippen molar-refractivity contribution in [2.45, 2.75) is 13.3 Å². The number of aryl methyl sites for hydroxylation is 1. The molecule has 6 heteroatoms. The average molecular weight is 193 g/mol. The zero-order valence-electron chi connectivity index (χ0n) is 6.63. The van der Waals surface area contributed by atoms with Gasteiger partial charge in [-0.25, -0.2) is 0 Å². The molecule has 0 N–H and O–H groups in total. The van der Waals surface area contributed by atoms with E-state index in [2.05, 4.69) is 4.74 Å². The first-order valence-corrected chi connectivity index (χ1v) is 3.34. The van der Waals surface area contributed by atoms with Gasteiger partial charge in [0.05, 0.1) is 6.07 Å². The monoisotopic (exact) mass is 193 g/mol. The molecule has 0 bridgehead atoms. The normalized spacial score (nSPS) is 11.4. The average Bonchev–Trinajstić information content (AvgIpc) is 1.93. The number of pyridine rings is 1. The van der Waals surface area contributed by atoms with Gasteiger partial charge in [-0.3, -0.25) is 0 Å². The first-order valence-electron chi connectivity index (χ1n) is 3.34. The van der Waals surface area contributed by atoms with Gasteiger partial charge in [0.1, 0.15) is 0 Å². The van der Waals surface area contributed by atoms with E-state index in [0.717, 1.165) is 12.3 Å². The third kappa shape index (κ3) is 2.81. The smallest absolute Gasteiger partial charge is 0.577 e. The predicted molar refractivity (Wildman–Crippen MR) is 36.8 cm³/mol. The SMILES string of the molecule is Cc1ccc(OC(F)(F)F)[n+]([O-])c1. The van der Waals surface area contributed by atoms with E-state index in [0.29, 0.717) is 5.56 Å². The molecule has 0 saturated heterocycles. The van der Waals surface area contributed by atoms with Crippen LogP contribution in [0.1, 0.15) is 5.56 Å². The summed E-state index contributed by atoms with van der Waals surface area (Å²) in [6.07, 6.45) is -3.83. The summed E-state index contributed by atoms with van der Waals surface area (Å²) in [4.78, 5) is 0. The minimum atomic E-state index is -4.83. The van der Waals surface area contributed by atoms with Crippen molar-refractivity contribution >= 4 is 0 Å². The van der Waals surface area contributed by atoms with Crippen LogP contribution in [0.3, 0.4) is 0 Å². The molecular weight excluding hydrogens is 187 g/mol. The fourth-order valence-electron chi connectivity index (χ4n) is 0.765. The minimum Gasteiger partial charge on any atom is -0.616 e. The third-order valence-corrected chi connectivity index (χ3v) is 1.25. The van der Waals surface area contributed by atoms with Gasteiger partial charge in [0, 0.05) is 5.56 Å². The quantitative estimate of drug-likeness (QED) is 0.500. The highest BCUT2D eigenvalue weighted by atomic mass is 19.4. The van der Waals surface area contributed by atoms with Crippen molar-refractivity contribution in [3.63, 3.8) is 0 Å². The fourth-order valence-corrected chi connectivity index (χ4v) is 0.765. The Morgan fingerprint density at radius 3 is 2.46 bits per heavy atom. The fraction of sp³-hybridized carbons (Fsp3) is 0.286. The molecule has 0 aliphatic heterocycles. The summed E-state index contributed by atoms with van der Waals surface area (Å²) in [5.41, 5.74) is 0.560. The Hall–Kier alpha value is -1.46. The summed E-state index contributed by atoms with van der Waals surface area (Å²) in [5, 5.41) is 10.8. The Balaban J connectivity index is 2.90. The van der Waals surface area contributed by atoms with E-state index in [1.54, 1.807) is 6.92 Å². The molecule has 1 aromatic rings. The van der Waals surface area contributed by atoms with Crippen LogP contribution in [0.15, 0.2) is 18.3 Å². The van der Waals surface area contributed by atoms with Crippen LogP contribution in [-0.2, 0) is 0 Å². The van der Waals surface area contributed by atoms with E-state index in [1.807, 2.05) is 0 Å². The summed E-state index contributed by atoms with van der Waals surface area (Å²) in [6, 6.07) is 2.32. The van der Waals surface area contributed by atoms with Crippen LogP contribution in [0.2, 0.25) is 0 Å². The Morgan fingerprint density at radius 2 is 2.00 bits per heavy atom. The van der Waals surface area contributed by atoms with Gasteiger partial charge < -0.3 is 9.94 Å². The lowest BCUT2D eigenvalue weighted by Gasteiger charge is -2.08. The molecule has 0 aromatic carbocycles. The van der Waals surface area contributed by atoms with Crippen molar-refractivity contribution in [3.8, 4) is 5.88 Å². The van der Waals surface area contributed by atoms with Gasteiger partial charge in [-0.2, -0.15) is 0 Å². The number of aromatic nitrogens is 1. The van der Waals surface area contributed by atoms with E-state index in [4.69, 9.17) is 0 Å². The van der Waals surface area contributed by atoms with Crippen LogP contribution in [0.5, 0.6) is 5.88 Å². The van der Waals surface area contributed by atoms with Crippen molar-refractivity contribution in [1.82, 2.24) is 0 Å². The van der Waals surface area contributed by atoms with Crippen molar-refractivity contribution < 1.29 is 22.6 Å². The van der Waals surface area contributed by atoms with E-state index in [9.17, 15) is 18.4 Å². The molecule has 0 aliphatic carbocycles. The second-order valence-electron chi connectivity index (χ2n) is 2.42. The second-order valence-corrected chi connectivity index (χ2v) is 2.42. The molecule has 0 fully saturated rings. The minimum absolute atomic E-state index is 0.0306. The Kier molecular flexibility index (Phi) is 2.31. The Labute approximate surface area is 71.9 Å². The van der Waals surface area contributed by atoms with E-state index >= 15 is 0 Å². The van der Waals surface area contributed by atoms with Gasteiger partial charge in [0.25, 0.3) is 0 Å². The number of rotatable bonds is 1. The molecule has 0 radical (unpaired) electrons. The van der Waals surface area contributed by atoms with Gasteiger partial charge >= 0.3 is 12.2 Å². The maximum Gasteiger partial charge on any atom is 0.577 e. The van der Waals surface area contributed by atoms with Gasteiger partial charge in [-0.05, 0) is 13.0 Å². The first kappa shape index (κ1) is 9.63. The van der Waals surface area contributed by atoms with E-state index in [-0.39, 0.29) is 4.73 Å². The first-order chi connectivity index (χ1) is 5.88.